The number of hydrogen-bond donors (Lipinski definition) is 4. The zero-order chi connectivity index (χ0) is 28.7. The summed E-state index contributed by atoms with van der Waals surface area (Å²) in [5.41, 5.74) is 3.50. The van der Waals surface area contributed by atoms with Crippen LogP contribution >= 0.6 is 12.6 Å². The number of aliphatic carboxylic acids is 1. The maximum atomic E-state index is 12.3. The van der Waals surface area contributed by atoms with Gasteiger partial charge < -0.3 is 19.9 Å². The Morgan fingerprint density at radius 3 is 1.97 bits per heavy atom. The van der Waals surface area contributed by atoms with Gasteiger partial charge in [0.05, 0.1) is 0 Å². The van der Waals surface area contributed by atoms with Gasteiger partial charge in [0.15, 0.2) is 0 Å². The average molecular weight is 545 g/mol. The summed E-state index contributed by atoms with van der Waals surface area (Å²) in [5.74, 6) is -1.39. The molecule has 0 atom stereocenters. The van der Waals surface area contributed by atoms with Crippen molar-refractivity contribution in [2.24, 2.45) is 0 Å². The zero-order valence-corrected chi connectivity index (χ0v) is 23.9. The van der Waals surface area contributed by atoms with Crippen LogP contribution in [-0.4, -0.2) is 48.3 Å². The van der Waals surface area contributed by atoms with Crippen LogP contribution in [0.3, 0.4) is 0 Å². The van der Waals surface area contributed by atoms with E-state index in [-0.39, 0.29) is 18.2 Å². The van der Waals surface area contributed by atoms with Crippen LogP contribution in [0.5, 0.6) is 0 Å². The van der Waals surface area contributed by atoms with Gasteiger partial charge in [-0.1, -0.05) is 68.5 Å². The predicted octanol–water partition coefficient (Wildman–Crippen LogP) is 6.37. The van der Waals surface area contributed by atoms with Crippen molar-refractivity contribution >= 4 is 30.8 Å². The van der Waals surface area contributed by atoms with E-state index in [9.17, 15) is 19.5 Å². The van der Waals surface area contributed by atoms with Crippen molar-refractivity contribution < 1.29 is 29.0 Å². The van der Waals surface area contributed by atoms with Crippen LogP contribution in [0.4, 0.5) is 9.59 Å². The number of benzene rings is 2. The number of hydrogen-bond acceptors (Lipinski definition) is 6. The minimum Gasteiger partial charge on any atom is -0.477 e. The van der Waals surface area contributed by atoms with Gasteiger partial charge in [-0.15, -0.1) is 0 Å². The lowest BCUT2D eigenvalue weighted by molar-refractivity contribution is -0.133. The highest BCUT2D eigenvalue weighted by atomic mass is 32.1. The molecule has 0 bridgehead atoms. The van der Waals surface area contributed by atoms with Gasteiger partial charge in [0, 0.05) is 12.5 Å². The fourth-order valence-corrected chi connectivity index (χ4v) is 3.79. The normalized spacial score (nSPS) is 11.9. The number of unbranched alkanes of at least 4 members (excludes halogenated alkanes) is 1. The van der Waals surface area contributed by atoms with E-state index >= 15 is 0 Å². The predicted molar refractivity (Wildman–Crippen MR) is 154 cm³/mol. The first-order chi connectivity index (χ1) is 18.2. The Balaban J connectivity index is 0.00000172. The number of carboxylic acid groups (broad SMARTS) is 1. The number of ether oxygens (including phenoxy) is 2. The number of nitrogens with one attached hydrogen (secondary N) is 2. The van der Waals surface area contributed by atoms with Crippen LogP contribution in [0.15, 0.2) is 60.3 Å². The van der Waals surface area contributed by atoms with E-state index < -0.39 is 23.8 Å². The molecule has 0 unspecified atom stereocenters. The molecule has 0 saturated heterocycles. The molecule has 8 nitrogen and oxygen atoms in total. The first-order valence-electron chi connectivity index (χ1n) is 12.6. The molecular formula is C29H40N2O6S. The third-order valence-electron chi connectivity index (χ3n) is 5.21. The first kappa shape index (κ1) is 32.6. The standard InChI is InChI=1S/C26H30N2O6.C2H6.CH4S/c1-26(2,3)34-24(31)27-15-9-8-14-22(23(29)30)28-25(32)33-16-21-19-12-6-4-10-17(19)18-11-5-7-13-20(18)21;2*1-2/h4-7,10-14,21H,8-9,15-16H2,1-3H3,(H,27,31)(H,28,32)(H,29,30);1-2H3;2H,1H3/b22-14+;;. The Bertz CT molecular complexity index is 1050. The summed E-state index contributed by atoms with van der Waals surface area (Å²) < 4.78 is 10.5. The molecule has 0 spiro atoms. The second kappa shape index (κ2) is 16.4. The molecule has 0 heterocycles. The first-order valence-corrected chi connectivity index (χ1v) is 13.5. The van der Waals surface area contributed by atoms with Gasteiger partial charge in [-0.25, -0.2) is 14.4 Å². The molecule has 2 aromatic carbocycles. The van der Waals surface area contributed by atoms with Crippen molar-refractivity contribution in [1.82, 2.24) is 10.6 Å². The lowest BCUT2D eigenvalue weighted by Gasteiger charge is -2.19. The fourth-order valence-electron chi connectivity index (χ4n) is 3.79. The summed E-state index contributed by atoms with van der Waals surface area (Å²) in [5, 5.41) is 14.3. The molecule has 1 aliphatic carbocycles. The maximum Gasteiger partial charge on any atom is 0.411 e. The van der Waals surface area contributed by atoms with Gasteiger partial charge in [0.2, 0.25) is 0 Å². The molecule has 208 valence electrons. The van der Waals surface area contributed by atoms with Crippen molar-refractivity contribution in [3.8, 4) is 11.1 Å². The molecule has 3 rings (SSSR count). The van der Waals surface area contributed by atoms with E-state index in [1.54, 1.807) is 27.0 Å². The second-order valence-corrected chi connectivity index (χ2v) is 8.94. The number of alkyl carbamates (subject to hydrolysis) is 2. The van der Waals surface area contributed by atoms with Crippen LogP contribution in [0.1, 0.15) is 64.5 Å². The number of carbonyl (C=O) groups excluding carboxylic acids is 2. The van der Waals surface area contributed by atoms with E-state index in [1.807, 2.05) is 62.4 Å². The summed E-state index contributed by atoms with van der Waals surface area (Å²) in [6.45, 7) is 9.70. The molecule has 0 radical (unpaired) electrons. The highest BCUT2D eigenvalue weighted by Gasteiger charge is 2.29. The Morgan fingerprint density at radius 1 is 0.947 bits per heavy atom. The molecule has 0 fully saturated rings. The topological polar surface area (TPSA) is 114 Å². The molecule has 38 heavy (non-hydrogen) atoms. The maximum absolute atomic E-state index is 12.3. The molecule has 0 aromatic heterocycles. The summed E-state index contributed by atoms with van der Waals surface area (Å²) >= 11 is 3.53. The Labute approximate surface area is 231 Å². The summed E-state index contributed by atoms with van der Waals surface area (Å²) in [6, 6.07) is 15.9. The fraction of sp³-hybridized carbons (Fsp3) is 0.414. The van der Waals surface area contributed by atoms with E-state index in [4.69, 9.17) is 9.47 Å². The van der Waals surface area contributed by atoms with E-state index in [0.717, 1.165) is 22.3 Å². The number of rotatable bonds is 8. The molecule has 3 N–H and O–H groups in total. The number of amides is 2. The third-order valence-corrected chi connectivity index (χ3v) is 5.21. The van der Waals surface area contributed by atoms with Crippen LogP contribution in [-0.2, 0) is 14.3 Å². The highest BCUT2D eigenvalue weighted by Crippen LogP contribution is 2.44. The van der Waals surface area contributed by atoms with E-state index in [2.05, 4.69) is 23.3 Å². The second-order valence-electron chi connectivity index (χ2n) is 8.94. The molecule has 9 heteroatoms. The van der Waals surface area contributed by atoms with E-state index in [1.165, 1.54) is 6.08 Å². The van der Waals surface area contributed by atoms with Crippen molar-refractivity contribution in [2.45, 2.75) is 59.0 Å². The minimum atomic E-state index is -1.27. The van der Waals surface area contributed by atoms with Crippen LogP contribution in [0.2, 0.25) is 0 Å². The molecular weight excluding hydrogens is 504 g/mol. The smallest absolute Gasteiger partial charge is 0.411 e. The Kier molecular flexibility index (Phi) is 14.1. The number of allylic oxidation sites excluding steroid dienone is 1. The van der Waals surface area contributed by atoms with Gasteiger partial charge in [-0.2, -0.15) is 12.6 Å². The largest absolute Gasteiger partial charge is 0.477 e. The van der Waals surface area contributed by atoms with Crippen LogP contribution < -0.4 is 10.6 Å². The third kappa shape index (κ3) is 10.1. The molecule has 1 aliphatic rings. The van der Waals surface area contributed by atoms with Crippen molar-refractivity contribution in [2.75, 3.05) is 19.4 Å². The quantitative estimate of drug-likeness (QED) is 0.174. The van der Waals surface area contributed by atoms with E-state index in [0.29, 0.717) is 19.4 Å². The van der Waals surface area contributed by atoms with Crippen molar-refractivity contribution in [1.29, 1.82) is 0 Å². The van der Waals surface area contributed by atoms with Gasteiger partial charge in [0.1, 0.15) is 17.9 Å². The Morgan fingerprint density at radius 2 is 1.47 bits per heavy atom. The molecule has 0 aliphatic heterocycles. The highest BCUT2D eigenvalue weighted by molar-refractivity contribution is 7.79. The lowest BCUT2D eigenvalue weighted by Crippen LogP contribution is -2.33. The summed E-state index contributed by atoms with van der Waals surface area (Å²) in [4.78, 5) is 35.5. The number of carboxylic acids is 1. The number of thiol groups is 1. The van der Waals surface area contributed by atoms with Gasteiger partial charge in [-0.05, 0) is 62.1 Å². The molecule has 2 aromatic rings. The van der Waals surface area contributed by atoms with Gasteiger partial charge in [0.25, 0.3) is 0 Å². The number of carbonyl (C=O) groups is 3. The SMILES string of the molecule is CC.CC(C)(C)OC(=O)NCCC/C=C(/NC(=O)OCC1c2ccccc2-c2ccccc21)C(=O)O.CS. The van der Waals surface area contributed by atoms with Crippen LogP contribution in [0, 0.1) is 0 Å². The van der Waals surface area contributed by atoms with Crippen molar-refractivity contribution in [3.63, 3.8) is 0 Å². The number of fused-ring (bicyclic) bond motifs is 3. The van der Waals surface area contributed by atoms with Crippen LogP contribution in [0.25, 0.3) is 11.1 Å². The average Bonchev–Trinajstić information content (AvgIpc) is 3.21. The van der Waals surface area contributed by atoms with Gasteiger partial charge >= 0.3 is 18.2 Å². The molecule has 2 amide bonds. The van der Waals surface area contributed by atoms with Crippen molar-refractivity contribution in [3.05, 3.63) is 71.4 Å². The molecule has 0 saturated carbocycles. The lowest BCUT2D eigenvalue weighted by atomic mass is 9.98. The zero-order valence-electron chi connectivity index (χ0n) is 23.0. The monoisotopic (exact) mass is 544 g/mol. The Hall–Kier alpha value is -3.46. The summed E-state index contributed by atoms with van der Waals surface area (Å²) in [7, 11) is 0. The van der Waals surface area contributed by atoms with Gasteiger partial charge in [-0.3, -0.25) is 5.32 Å². The summed E-state index contributed by atoms with van der Waals surface area (Å²) in [6.07, 6.45) is 2.53. The minimum absolute atomic E-state index is 0.0898.